The zero-order chi connectivity index (χ0) is 11.1. The summed E-state index contributed by atoms with van der Waals surface area (Å²) in [4.78, 5) is 12.9. The van der Waals surface area contributed by atoms with E-state index in [1.807, 2.05) is 6.07 Å². The number of amides is 1. The van der Waals surface area contributed by atoms with E-state index in [1.54, 1.807) is 11.9 Å². The highest BCUT2D eigenvalue weighted by molar-refractivity contribution is 5.77. The molecule has 1 heterocycles. The third-order valence-electron chi connectivity index (χ3n) is 2.87. The minimum absolute atomic E-state index is 0.00965. The lowest BCUT2D eigenvalue weighted by Gasteiger charge is -2.24. The number of nitrogens with zero attached hydrogens (tertiary/aromatic N) is 2. The van der Waals surface area contributed by atoms with Crippen molar-refractivity contribution >= 4 is 5.91 Å². The van der Waals surface area contributed by atoms with Crippen molar-refractivity contribution in [2.24, 2.45) is 5.92 Å². The normalized spacial score (nSPS) is 17.1. The van der Waals surface area contributed by atoms with Crippen LogP contribution in [0.4, 0.5) is 0 Å². The van der Waals surface area contributed by atoms with Gasteiger partial charge in [-0.25, -0.2) is 0 Å². The van der Waals surface area contributed by atoms with Crippen LogP contribution in [0.3, 0.4) is 0 Å². The van der Waals surface area contributed by atoms with Crippen molar-refractivity contribution in [2.75, 3.05) is 26.8 Å². The van der Waals surface area contributed by atoms with E-state index in [4.69, 9.17) is 10.00 Å². The lowest BCUT2D eigenvalue weighted by Crippen LogP contribution is -2.29. The van der Waals surface area contributed by atoms with E-state index in [2.05, 4.69) is 0 Å². The van der Waals surface area contributed by atoms with Crippen molar-refractivity contribution < 1.29 is 9.53 Å². The Labute approximate surface area is 90.8 Å². The highest BCUT2D eigenvalue weighted by Gasteiger charge is 2.15. The van der Waals surface area contributed by atoms with E-state index in [-0.39, 0.29) is 12.3 Å². The van der Waals surface area contributed by atoms with Crippen molar-refractivity contribution in [2.45, 2.75) is 25.7 Å². The van der Waals surface area contributed by atoms with Gasteiger partial charge in [0.25, 0.3) is 0 Å². The van der Waals surface area contributed by atoms with E-state index in [1.165, 1.54) is 0 Å². The summed E-state index contributed by atoms with van der Waals surface area (Å²) in [5.41, 5.74) is 0. The van der Waals surface area contributed by atoms with Gasteiger partial charge in [-0.1, -0.05) is 0 Å². The fraction of sp³-hybridized carbons (Fsp3) is 0.818. The Bertz CT molecular complexity index is 241. The molecule has 0 aromatic rings. The molecule has 0 N–H and O–H groups in total. The number of nitriles is 1. The van der Waals surface area contributed by atoms with Gasteiger partial charge in [0.2, 0.25) is 5.91 Å². The molecular weight excluding hydrogens is 192 g/mol. The third-order valence-corrected chi connectivity index (χ3v) is 2.87. The maximum absolute atomic E-state index is 11.3. The second-order valence-corrected chi connectivity index (χ2v) is 3.99. The molecule has 0 aromatic carbocycles. The Morgan fingerprint density at radius 2 is 2.20 bits per heavy atom. The molecule has 4 heteroatoms. The molecule has 1 aliphatic heterocycles. The Kier molecular flexibility index (Phi) is 5.13. The average Bonchev–Trinajstić information content (AvgIpc) is 2.27. The Hall–Kier alpha value is -1.08. The second kappa shape index (κ2) is 6.41. The smallest absolute Gasteiger partial charge is 0.236 e. The molecule has 0 aliphatic carbocycles. The van der Waals surface area contributed by atoms with Crippen molar-refractivity contribution in [3.8, 4) is 6.07 Å². The lowest BCUT2D eigenvalue weighted by atomic mass is 9.96. The van der Waals surface area contributed by atoms with Crippen molar-refractivity contribution in [3.05, 3.63) is 0 Å². The second-order valence-electron chi connectivity index (χ2n) is 3.99. The van der Waals surface area contributed by atoms with Crippen LogP contribution in [0.1, 0.15) is 25.7 Å². The predicted molar refractivity (Wildman–Crippen MR) is 56.0 cm³/mol. The molecule has 0 unspecified atom stereocenters. The van der Waals surface area contributed by atoms with Gasteiger partial charge in [0.05, 0.1) is 6.07 Å². The molecule has 1 rings (SSSR count). The maximum Gasteiger partial charge on any atom is 0.236 e. The largest absolute Gasteiger partial charge is 0.381 e. The standard InChI is InChI=1S/C11H18N2O2/c1-13(11(14)2-6-12)7-3-10-4-8-15-9-5-10/h10H,2-5,7-9H2,1H3. The topological polar surface area (TPSA) is 53.3 Å². The van der Waals surface area contributed by atoms with Gasteiger partial charge in [0.1, 0.15) is 6.42 Å². The number of rotatable bonds is 4. The Balaban J connectivity index is 2.18. The number of hydrogen-bond acceptors (Lipinski definition) is 3. The van der Waals surface area contributed by atoms with Gasteiger partial charge in [-0.2, -0.15) is 5.26 Å². The first-order valence-corrected chi connectivity index (χ1v) is 5.42. The average molecular weight is 210 g/mol. The van der Waals surface area contributed by atoms with Crippen LogP contribution in [0, 0.1) is 17.2 Å². The van der Waals surface area contributed by atoms with Crippen LogP contribution in [0.25, 0.3) is 0 Å². The van der Waals surface area contributed by atoms with Crippen LogP contribution in [-0.4, -0.2) is 37.6 Å². The number of carbonyl (C=O) groups is 1. The van der Waals surface area contributed by atoms with Crippen LogP contribution in [0.5, 0.6) is 0 Å². The molecule has 1 amide bonds. The first kappa shape index (κ1) is 12.0. The quantitative estimate of drug-likeness (QED) is 0.700. The molecule has 1 saturated heterocycles. The molecule has 1 aliphatic rings. The lowest BCUT2D eigenvalue weighted by molar-refractivity contribution is -0.129. The Morgan fingerprint density at radius 3 is 2.80 bits per heavy atom. The first-order chi connectivity index (χ1) is 7.24. The van der Waals surface area contributed by atoms with Crippen LogP contribution in [0.15, 0.2) is 0 Å². The summed E-state index contributed by atoms with van der Waals surface area (Å²) in [5.74, 6) is 0.598. The number of carbonyl (C=O) groups excluding carboxylic acids is 1. The summed E-state index contributed by atoms with van der Waals surface area (Å²) in [7, 11) is 1.76. The van der Waals surface area contributed by atoms with Gasteiger partial charge < -0.3 is 9.64 Å². The zero-order valence-corrected chi connectivity index (χ0v) is 9.24. The van der Waals surface area contributed by atoms with Crippen molar-refractivity contribution in [1.29, 1.82) is 5.26 Å². The molecule has 0 atom stereocenters. The van der Waals surface area contributed by atoms with Crippen LogP contribution < -0.4 is 0 Å². The van der Waals surface area contributed by atoms with Gasteiger partial charge in [0, 0.05) is 26.8 Å². The van der Waals surface area contributed by atoms with E-state index < -0.39 is 0 Å². The third kappa shape index (κ3) is 4.30. The molecule has 4 nitrogen and oxygen atoms in total. The van der Waals surface area contributed by atoms with Crippen LogP contribution >= 0.6 is 0 Å². The van der Waals surface area contributed by atoms with Crippen LogP contribution in [0.2, 0.25) is 0 Å². The molecule has 0 aromatic heterocycles. The van der Waals surface area contributed by atoms with Gasteiger partial charge >= 0.3 is 0 Å². The highest BCUT2D eigenvalue weighted by Crippen LogP contribution is 2.18. The molecule has 84 valence electrons. The summed E-state index contributed by atoms with van der Waals surface area (Å²) in [6.07, 6.45) is 3.21. The van der Waals surface area contributed by atoms with Gasteiger partial charge in [0.15, 0.2) is 0 Å². The van der Waals surface area contributed by atoms with E-state index >= 15 is 0 Å². The SMILES string of the molecule is CN(CCC1CCOCC1)C(=O)CC#N. The summed E-state index contributed by atoms with van der Waals surface area (Å²) >= 11 is 0. The number of hydrogen-bond donors (Lipinski definition) is 0. The fourth-order valence-corrected chi connectivity index (χ4v) is 1.74. The first-order valence-electron chi connectivity index (χ1n) is 5.42. The van der Waals surface area contributed by atoms with E-state index in [0.29, 0.717) is 5.92 Å². The molecule has 1 fully saturated rings. The predicted octanol–water partition coefficient (Wildman–Crippen LogP) is 1.18. The van der Waals surface area contributed by atoms with Gasteiger partial charge in [-0.15, -0.1) is 0 Å². The minimum atomic E-state index is -0.0791. The fourth-order valence-electron chi connectivity index (χ4n) is 1.74. The van der Waals surface area contributed by atoms with Crippen molar-refractivity contribution in [1.82, 2.24) is 4.90 Å². The zero-order valence-electron chi connectivity index (χ0n) is 9.24. The summed E-state index contributed by atoms with van der Waals surface area (Å²) in [6.45, 7) is 2.45. The van der Waals surface area contributed by atoms with Crippen LogP contribution in [-0.2, 0) is 9.53 Å². The van der Waals surface area contributed by atoms with E-state index in [9.17, 15) is 4.79 Å². The molecule has 0 saturated carbocycles. The van der Waals surface area contributed by atoms with E-state index in [0.717, 1.165) is 39.0 Å². The summed E-state index contributed by atoms with van der Waals surface area (Å²) in [6, 6.07) is 1.88. The van der Waals surface area contributed by atoms with Crippen molar-refractivity contribution in [3.63, 3.8) is 0 Å². The Morgan fingerprint density at radius 1 is 1.53 bits per heavy atom. The molecule has 0 bridgehead atoms. The molecule has 0 radical (unpaired) electrons. The highest BCUT2D eigenvalue weighted by atomic mass is 16.5. The van der Waals surface area contributed by atoms with Gasteiger partial charge in [-0.3, -0.25) is 4.79 Å². The number of ether oxygens (including phenoxy) is 1. The molecular formula is C11H18N2O2. The monoisotopic (exact) mass is 210 g/mol. The molecule has 15 heavy (non-hydrogen) atoms. The molecule has 0 spiro atoms. The summed E-state index contributed by atoms with van der Waals surface area (Å²) < 4.78 is 5.27. The maximum atomic E-state index is 11.3. The minimum Gasteiger partial charge on any atom is -0.381 e. The summed E-state index contributed by atoms with van der Waals surface area (Å²) in [5, 5.41) is 8.39. The van der Waals surface area contributed by atoms with Gasteiger partial charge in [-0.05, 0) is 25.2 Å².